The van der Waals surface area contributed by atoms with E-state index in [1.165, 1.54) is 0 Å². The van der Waals surface area contributed by atoms with E-state index in [4.69, 9.17) is 15.2 Å². The lowest BCUT2D eigenvalue weighted by atomic mass is 9.95. The summed E-state index contributed by atoms with van der Waals surface area (Å²) in [6, 6.07) is 5.71. The SMILES string of the molecule is COc1ccc(C(C)(C)N)cc1OC.Cl. The summed E-state index contributed by atoms with van der Waals surface area (Å²) in [4.78, 5) is 0. The summed E-state index contributed by atoms with van der Waals surface area (Å²) >= 11 is 0. The number of hydrogen-bond acceptors (Lipinski definition) is 3. The Morgan fingerprint density at radius 1 is 1.07 bits per heavy atom. The lowest BCUT2D eigenvalue weighted by molar-refractivity contribution is 0.353. The van der Waals surface area contributed by atoms with E-state index in [0.29, 0.717) is 5.75 Å². The molecule has 15 heavy (non-hydrogen) atoms. The fourth-order valence-electron chi connectivity index (χ4n) is 1.24. The van der Waals surface area contributed by atoms with Crippen LogP contribution in [0.3, 0.4) is 0 Å². The highest BCUT2D eigenvalue weighted by atomic mass is 35.5. The van der Waals surface area contributed by atoms with Crippen molar-refractivity contribution in [2.45, 2.75) is 19.4 Å². The van der Waals surface area contributed by atoms with Gasteiger partial charge in [-0.25, -0.2) is 0 Å². The second kappa shape index (κ2) is 5.24. The molecule has 2 N–H and O–H groups in total. The molecule has 0 fully saturated rings. The number of nitrogens with two attached hydrogens (primary N) is 1. The van der Waals surface area contributed by atoms with Gasteiger partial charge < -0.3 is 15.2 Å². The van der Waals surface area contributed by atoms with E-state index >= 15 is 0 Å². The third-order valence-electron chi connectivity index (χ3n) is 2.13. The van der Waals surface area contributed by atoms with Crippen LogP contribution in [-0.2, 0) is 5.54 Å². The molecule has 4 heteroatoms. The number of ether oxygens (including phenoxy) is 2. The van der Waals surface area contributed by atoms with Gasteiger partial charge in [-0.15, -0.1) is 12.4 Å². The number of hydrogen-bond donors (Lipinski definition) is 1. The van der Waals surface area contributed by atoms with Crippen LogP contribution in [0.25, 0.3) is 0 Å². The molecular weight excluding hydrogens is 214 g/mol. The molecule has 0 unspecified atom stereocenters. The highest BCUT2D eigenvalue weighted by Gasteiger charge is 2.16. The number of rotatable bonds is 3. The van der Waals surface area contributed by atoms with Crippen molar-refractivity contribution in [1.29, 1.82) is 0 Å². The Kier molecular flexibility index (Phi) is 4.91. The van der Waals surface area contributed by atoms with Crippen LogP contribution >= 0.6 is 12.4 Å². The number of methoxy groups -OCH3 is 2. The first-order chi connectivity index (χ1) is 6.49. The maximum Gasteiger partial charge on any atom is 0.161 e. The van der Waals surface area contributed by atoms with E-state index in [9.17, 15) is 0 Å². The Balaban J connectivity index is 0.00000196. The summed E-state index contributed by atoms with van der Waals surface area (Å²) < 4.78 is 10.3. The van der Waals surface area contributed by atoms with Crippen molar-refractivity contribution in [3.63, 3.8) is 0 Å². The lowest BCUT2D eigenvalue weighted by Gasteiger charge is -2.20. The van der Waals surface area contributed by atoms with Gasteiger partial charge in [-0.1, -0.05) is 6.07 Å². The smallest absolute Gasteiger partial charge is 0.161 e. The molecule has 1 aromatic rings. The quantitative estimate of drug-likeness (QED) is 0.869. The normalized spacial score (nSPS) is 10.5. The van der Waals surface area contributed by atoms with E-state index in [0.717, 1.165) is 11.3 Å². The predicted molar refractivity (Wildman–Crippen MR) is 64.0 cm³/mol. The first-order valence-electron chi connectivity index (χ1n) is 4.50. The lowest BCUT2D eigenvalue weighted by Crippen LogP contribution is -2.28. The van der Waals surface area contributed by atoms with Gasteiger partial charge in [0.25, 0.3) is 0 Å². The van der Waals surface area contributed by atoms with Gasteiger partial charge in [0.2, 0.25) is 0 Å². The van der Waals surface area contributed by atoms with E-state index in [1.54, 1.807) is 14.2 Å². The Morgan fingerprint density at radius 3 is 2.00 bits per heavy atom. The Bertz CT molecular complexity index is 321. The topological polar surface area (TPSA) is 44.5 Å². The van der Waals surface area contributed by atoms with Crippen LogP contribution in [0.15, 0.2) is 18.2 Å². The van der Waals surface area contributed by atoms with Crippen molar-refractivity contribution in [2.75, 3.05) is 14.2 Å². The average molecular weight is 232 g/mol. The zero-order valence-electron chi connectivity index (χ0n) is 9.53. The molecule has 0 atom stereocenters. The van der Waals surface area contributed by atoms with Crippen LogP contribution < -0.4 is 15.2 Å². The molecule has 3 nitrogen and oxygen atoms in total. The average Bonchev–Trinajstić information content (AvgIpc) is 2.15. The second-order valence-electron chi connectivity index (χ2n) is 3.79. The van der Waals surface area contributed by atoms with Crippen LogP contribution in [0.1, 0.15) is 19.4 Å². The standard InChI is InChI=1S/C11H17NO2.ClH/c1-11(2,12)8-5-6-9(13-3)10(7-8)14-4;/h5-7H,12H2,1-4H3;1H. The zero-order chi connectivity index (χ0) is 10.8. The zero-order valence-corrected chi connectivity index (χ0v) is 10.4. The molecule has 0 aromatic heterocycles. The maximum atomic E-state index is 5.98. The largest absolute Gasteiger partial charge is 0.493 e. The molecule has 0 aliphatic rings. The molecule has 0 aliphatic carbocycles. The van der Waals surface area contributed by atoms with Crippen LogP contribution in [-0.4, -0.2) is 14.2 Å². The molecule has 0 saturated heterocycles. The molecule has 1 aromatic carbocycles. The molecule has 86 valence electrons. The minimum Gasteiger partial charge on any atom is -0.493 e. The Hall–Kier alpha value is -0.930. The minimum atomic E-state index is -0.362. The predicted octanol–water partition coefficient (Wildman–Crippen LogP) is 2.32. The molecule has 0 amide bonds. The minimum absolute atomic E-state index is 0. The van der Waals surface area contributed by atoms with Crippen molar-refractivity contribution in [1.82, 2.24) is 0 Å². The Morgan fingerprint density at radius 2 is 1.60 bits per heavy atom. The maximum absolute atomic E-state index is 5.98. The van der Waals surface area contributed by atoms with Crippen molar-refractivity contribution >= 4 is 12.4 Å². The first kappa shape index (κ1) is 14.1. The molecule has 0 aliphatic heterocycles. The highest BCUT2D eigenvalue weighted by molar-refractivity contribution is 5.85. The van der Waals surface area contributed by atoms with Gasteiger partial charge in [-0.2, -0.15) is 0 Å². The third kappa shape index (κ3) is 3.29. The Labute approximate surface area is 97.0 Å². The number of benzene rings is 1. The van der Waals surface area contributed by atoms with E-state index < -0.39 is 0 Å². The molecule has 0 radical (unpaired) electrons. The molecule has 0 saturated carbocycles. The van der Waals surface area contributed by atoms with Crippen molar-refractivity contribution in [3.8, 4) is 11.5 Å². The third-order valence-corrected chi connectivity index (χ3v) is 2.13. The first-order valence-corrected chi connectivity index (χ1v) is 4.50. The molecule has 0 spiro atoms. The van der Waals surface area contributed by atoms with Crippen molar-refractivity contribution in [2.24, 2.45) is 5.73 Å². The number of halogens is 1. The monoisotopic (exact) mass is 231 g/mol. The highest BCUT2D eigenvalue weighted by Crippen LogP contribution is 2.30. The molecule has 0 heterocycles. The summed E-state index contributed by atoms with van der Waals surface area (Å²) in [5, 5.41) is 0. The van der Waals surface area contributed by atoms with Crippen LogP contribution in [0, 0.1) is 0 Å². The van der Waals surface area contributed by atoms with E-state index in [2.05, 4.69) is 0 Å². The fraction of sp³-hybridized carbons (Fsp3) is 0.455. The van der Waals surface area contributed by atoms with Gasteiger partial charge >= 0.3 is 0 Å². The molecular formula is C11H18ClNO2. The van der Waals surface area contributed by atoms with Crippen LogP contribution in [0.5, 0.6) is 11.5 Å². The van der Waals surface area contributed by atoms with Crippen molar-refractivity contribution in [3.05, 3.63) is 23.8 Å². The van der Waals surface area contributed by atoms with Crippen LogP contribution in [0.2, 0.25) is 0 Å². The second-order valence-corrected chi connectivity index (χ2v) is 3.79. The summed E-state index contributed by atoms with van der Waals surface area (Å²) in [5.74, 6) is 1.43. The van der Waals surface area contributed by atoms with Gasteiger partial charge in [0.1, 0.15) is 0 Å². The fourth-order valence-corrected chi connectivity index (χ4v) is 1.24. The van der Waals surface area contributed by atoms with Gasteiger partial charge in [0.15, 0.2) is 11.5 Å². The van der Waals surface area contributed by atoms with Gasteiger partial charge in [-0.05, 0) is 31.5 Å². The van der Waals surface area contributed by atoms with Gasteiger partial charge in [-0.3, -0.25) is 0 Å². The van der Waals surface area contributed by atoms with Crippen molar-refractivity contribution < 1.29 is 9.47 Å². The van der Waals surface area contributed by atoms with Crippen LogP contribution in [0.4, 0.5) is 0 Å². The molecule has 1 rings (SSSR count). The van der Waals surface area contributed by atoms with E-state index in [1.807, 2.05) is 32.0 Å². The summed E-state index contributed by atoms with van der Waals surface area (Å²) in [5.41, 5.74) is 6.64. The summed E-state index contributed by atoms with van der Waals surface area (Å²) in [6.07, 6.45) is 0. The molecule has 0 bridgehead atoms. The summed E-state index contributed by atoms with van der Waals surface area (Å²) in [6.45, 7) is 3.91. The van der Waals surface area contributed by atoms with Gasteiger partial charge in [0.05, 0.1) is 14.2 Å². The van der Waals surface area contributed by atoms with E-state index in [-0.39, 0.29) is 17.9 Å². The van der Waals surface area contributed by atoms with Gasteiger partial charge in [0, 0.05) is 5.54 Å². The summed E-state index contributed by atoms with van der Waals surface area (Å²) in [7, 11) is 3.23.